The molecule has 1 saturated heterocycles. The minimum Gasteiger partial charge on any atom is -0.392 e. The van der Waals surface area contributed by atoms with Crippen LogP contribution >= 0.6 is 0 Å². The second kappa shape index (κ2) is 6.42. The van der Waals surface area contributed by atoms with Gasteiger partial charge in [0.05, 0.1) is 6.10 Å². The molecule has 0 aliphatic carbocycles. The standard InChI is InChI=1S/C18H26N4O/c1-4-18(2,3)21-17-16-14(5-7-19-17)9-13(10-20-16)11-22-8-6-15(23)12-22/h5,7,9-10,15,23H,4,6,8,11-12H2,1-3H3,(H,19,21)/t15-/m1/s1. The van der Waals surface area contributed by atoms with E-state index in [0.29, 0.717) is 0 Å². The van der Waals surface area contributed by atoms with Crippen LogP contribution in [0.15, 0.2) is 24.5 Å². The van der Waals surface area contributed by atoms with Crippen molar-refractivity contribution < 1.29 is 5.11 Å². The lowest BCUT2D eigenvalue weighted by atomic mass is 10.0. The maximum absolute atomic E-state index is 9.64. The highest BCUT2D eigenvalue weighted by atomic mass is 16.3. The SMILES string of the molecule is CCC(C)(C)Nc1nccc2cc(CN3CC[C@@H](O)C3)cnc12. The van der Waals surface area contributed by atoms with Gasteiger partial charge in [-0.1, -0.05) is 6.92 Å². The molecule has 3 heterocycles. The van der Waals surface area contributed by atoms with Gasteiger partial charge in [-0.15, -0.1) is 0 Å². The number of nitrogens with zero attached hydrogens (tertiary/aromatic N) is 3. The van der Waals surface area contributed by atoms with Crippen LogP contribution in [0.1, 0.15) is 39.2 Å². The van der Waals surface area contributed by atoms with Gasteiger partial charge in [-0.2, -0.15) is 0 Å². The van der Waals surface area contributed by atoms with E-state index in [1.54, 1.807) is 0 Å². The zero-order valence-electron chi connectivity index (χ0n) is 14.2. The minimum atomic E-state index is -0.181. The number of fused-ring (bicyclic) bond motifs is 1. The molecule has 1 aliphatic heterocycles. The number of nitrogens with one attached hydrogen (secondary N) is 1. The third kappa shape index (κ3) is 3.79. The fraction of sp³-hybridized carbons (Fsp3) is 0.556. The van der Waals surface area contributed by atoms with Crippen molar-refractivity contribution in [2.45, 2.75) is 51.8 Å². The summed E-state index contributed by atoms with van der Waals surface area (Å²) in [4.78, 5) is 11.4. The van der Waals surface area contributed by atoms with Crippen molar-refractivity contribution in [3.63, 3.8) is 0 Å². The molecular formula is C18H26N4O. The van der Waals surface area contributed by atoms with Gasteiger partial charge in [-0.05, 0) is 44.4 Å². The fourth-order valence-electron chi connectivity index (χ4n) is 2.91. The summed E-state index contributed by atoms with van der Waals surface area (Å²) >= 11 is 0. The fourth-order valence-corrected chi connectivity index (χ4v) is 2.91. The summed E-state index contributed by atoms with van der Waals surface area (Å²) in [7, 11) is 0. The first-order valence-electron chi connectivity index (χ1n) is 8.39. The molecule has 0 bridgehead atoms. The summed E-state index contributed by atoms with van der Waals surface area (Å²) in [6.45, 7) is 9.04. The summed E-state index contributed by atoms with van der Waals surface area (Å²) in [5.74, 6) is 0.845. The lowest BCUT2D eigenvalue weighted by Crippen LogP contribution is -2.30. The average Bonchev–Trinajstić information content (AvgIpc) is 2.92. The van der Waals surface area contributed by atoms with Crippen molar-refractivity contribution >= 4 is 16.7 Å². The molecule has 2 N–H and O–H groups in total. The summed E-state index contributed by atoms with van der Waals surface area (Å²) < 4.78 is 0. The predicted molar refractivity (Wildman–Crippen MR) is 93.4 cm³/mol. The van der Waals surface area contributed by atoms with Crippen LogP contribution in [0.25, 0.3) is 10.9 Å². The van der Waals surface area contributed by atoms with Crippen molar-refractivity contribution in [2.24, 2.45) is 0 Å². The number of aromatic nitrogens is 2. The van der Waals surface area contributed by atoms with E-state index in [1.165, 1.54) is 5.56 Å². The molecule has 0 radical (unpaired) electrons. The van der Waals surface area contributed by atoms with Crippen molar-refractivity contribution in [1.82, 2.24) is 14.9 Å². The zero-order chi connectivity index (χ0) is 16.4. The highest BCUT2D eigenvalue weighted by Gasteiger charge is 2.21. The highest BCUT2D eigenvalue weighted by Crippen LogP contribution is 2.24. The molecule has 0 spiro atoms. The predicted octanol–water partition coefficient (Wildman–Crippen LogP) is 2.80. The molecule has 2 aromatic heterocycles. The number of hydrogen-bond acceptors (Lipinski definition) is 5. The molecule has 2 aromatic rings. The van der Waals surface area contributed by atoms with Crippen molar-refractivity contribution in [3.05, 3.63) is 30.1 Å². The molecule has 3 rings (SSSR count). The van der Waals surface area contributed by atoms with E-state index in [4.69, 9.17) is 0 Å². The van der Waals surface area contributed by atoms with Crippen LogP contribution in [0.3, 0.4) is 0 Å². The first-order chi connectivity index (χ1) is 11.0. The van der Waals surface area contributed by atoms with Crippen LogP contribution < -0.4 is 5.32 Å². The molecule has 5 nitrogen and oxygen atoms in total. The first-order valence-corrected chi connectivity index (χ1v) is 8.39. The second-order valence-electron chi connectivity index (χ2n) is 7.11. The topological polar surface area (TPSA) is 61.3 Å². The maximum atomic E-state index is 9.64. The number of hydrogen-bond donors (Lipinski definition) is 2. The van der Waals surface area contributed by atoms with Gasteiger partial charge in [-0.25, -0.2) is 4.98 Å². The van der Waals surface area contributed by atoms with E-state index < -0.39 is 0 Å². The lowest BCUT2D eigenvalue weighted by Gasteiger charge is -2.25. The second-order valence-corrected chi connectivity index (χ2v) is 7.11. The van der Waals surface area contributed by atoms with Gasteiger partial charge < -0.3 is 10.4 Å². The number of pyridine rings is 2. The molecule has 124 valence electrons. The van der Waals surface area contributed by atoms with Crippen LogP contribution in [0, 0.1) is 0 Å². The molecule has 1 atom stereocenters. The minimum absolute atomic E-state index is 0.00662. The number of aliphatic hydroxyl groups excluding tert-OH is 1. The number of β-amino-alcohol motifs (C(OH)–C–C–N with tert-alkyl or cyclic N) is 1. The lowest BCUT2D eigenvalue weighted by molar-refractivity contribution is 0.175. The number of rotatable bonds is 5. The van der Waals surface area contributed by atoms with Gasteiger partial charge in [-0.3, -0.25) is 9.88 Å². The number of likely N-dealkylation sites (tertiary alicyclic amines) is 1. The summed E-state index contributed by atoms with van der Waals surface area (Å²) in [5.41, 5.74) is 2.09. The number of aliphatic hydroxyl groups is 1. The Morgan fingerprint density at radius 3 is 2.91 bits per heavy atom. The molecule has 0 unspecified atom stereocenters. The Hall–Kier alpha value is -1.72. The van der Waals surface area contributed by atoms with Gasteiger partial charge in [0.15, 0.2) is 5.82 Å². The molecule has 1 aliphatic rings. The van der Waals surface area contributed by atoms with Gasteiger partial charge >= 0.3 is 0 Å². The Kier molecular flexibility index (Phi) is 4.50. The third-order valence-corrected chi connectivity index (χ3v) is 4.65. The molecule has 0 saturated carbocycles. The van der Waals surface area contributed by atoms with Crippen LogP contribution in [0.5, 0.6) is 0 Å². The van der Waals surface area contributed by atoms with E-state index in [-0.39, 0.29) is 11.6 Å². The molecule has 0 aromatic carbocycles. The summed E-state index contributed by atoms with van der Waals surface area (Å²) in [6.07, 6.45) is 5.46. The Bertz CT molecular complexity index is 686. The van der Waals surface area contributed by atoms with E-state index in [1.807, 2.05) is 18.5 Å². The van der Waals surface area contributed by atoms with E-state index in [2.05, 4.69) is 47.0 Å². The Labute approximate surface area is 137 Å². The summed E-state index contributed by atoms with van der Waals surface area (Å²) in [5, 5.41) is 14.2. The van der Waals surface area contributed by atoms with E-state index >= 15 is 0 Å². The molecule has 5 heteroatoms. The van der Waals surface area contributed by atoms with Gasteiger partial charge in [0.25, 0.3) is 0 Å². The normalized spacial score (nSPS) is 19.4. The largest absolute Gasteiger partial charge is 0.392 e. The van der Waals surface area contributed by atoms with Crippen LogP contribution in [0.2, 0.25) is 0 Å². The molecule has 23 heavy (non-hydrogen) atoms. The van der Waals surface area contributed by atoms with Gasteiger partial charge in [0.2, 0.25) is 0 Å². The first kappa shape index (κ1) is 16.1. The Balaban J connectivity index is 1.83. The maximum Gasteiger partial charge on any atom is 0.152 e. The molecule has 1 fully saturated rings. The van der Waals surface area contributed by atoms with E-state index in [0.717, 1.165) is 49.2 Å². The van der Waals surface area contributed by atoms with Crippen molar-refractivity contribution in [1.29, 1.82) is 0 Å². The Morgan fingerprint density at radius 1 is 1.39 bits per heavy atom. The van der Waals surface area contributed by atoms with E-state index in [9.17, 15) is 5.11 Å². The van der Waals surface area contributed by atoms with Crippen LogP contribution in [-0.4, -0.2) is 44.7 Å². The van der Waals surface area contributed by atoms with Crippen LogP contribution in [0.4, 0.5) is 5.82 Å². The Morgan fingerprint density at radius 2 is 2.22 bits per heavy atom. The molecular weight excluding hydrogens is 288 g/mol. The van der Waals surface area contributed by atoms with Gasteiger partial charge in [0, 0.05) is 43.0 Å². The highest BCUT2D eigenvalue weighted by molar-refractivity contribution is 5.88. The van der Waals surface area contributed by atoms with Crippen LogP contribution in [-0.2, 0) is 6.54 Å². The quantitative estimate of drug-likeness (QED) is 0.888. The van der Waals surface area contributed by atoms with Crippen molar-refractivity contribution in [3.8, 4) is 0 Å². The third-order valence-electron chi connectivity index (χ3n) is 4.65. The average molecular weight is 314 g/mol. The monoisotopic (exact) mass is 314 g/mol. The van der Waals surface area contributed by atoms with Gasteiger partial charge in [0.1, 0.15) is 5.52 Å². The number of anilines is 1. The van der Waals surface area contributed by atoms with Crippen molar-refractivity contribution in [2.75, 3.05) is 18.4 Å². The zero-order valence-corrected chi connectivity index (χ0v) is 14.2. The summed E-state index contributed by atoms with van der Waals surface area (Å²) in [6, 6.07) is 4.19. The smallest absolute Gasteiger partial charge is 0.152 e. The molecule has 0 amide bonds.